The zero-order chi connectivity index (χ0) is 11.9. The van der Waals surface area contributed by atoms with Crippen LogP contribution in [0.15, 0.2) is 0 Å². The summed E-state index contributed by atoms with van der Waals surface area (Å²) < 4.78 is 0. The van der Waals surface area contributed by atoms with Crippen LogP contribution in [0, 0.1) is 5.92 Å². The molecule has 1 N–H and O–H groups in total. The Balaban J connectivity index is 2.16. The fourth-order valence-electron chi connectivity index (χ4n) is 2.92. The van der Waals surface area contributed by atoms with Crippen molar-refractivity contribution in [3.05, 3.63) is 0 Å². The number of likely N-dealkylation sites (N-methyl/N-ethyl adjacent to an activating group) is 1. The number of rotatable bonds is 2. The number of carboxylic acids is 1. The Morgan fingerprint density at radius 3 is 2.44 bits per heavy atom. The number of carboxylic acid groups (broad SMARTS) is 1. The molecule has 0 spiro atoms. The molecular formula is C12H22N2O2. The topological polar surface area (TPSA) is 43.8 Å². The molecule has 2 aliphatic rings. The van der Waals surface area contributed by atoms with E-state index in [4.69, 9.17) is 0 Å². The first kappa shape index (κ1) is 11.9. The summed E-state index contributed by atoms with van der Waals surface area (Å²) in [6, 6.07) is 0.628. The highest BCUT2D eigenvalue weighted by atomic mass is 16.4. The van der Waals surface area contributed by atoms with Crippen molar-refractivity contribution in [1.82, 2.24) is 9.80 Å². The molecule has 0 aromatic carbocycles. The fraction of sp³-hybridized carbons (Fsp3) is 0.917. The first-order valence-electron chi connectivity index (χ1n) is 6.08. The van der Waals surface area contributed by atoms with Crippen molar-refractivity contribution >= 4 is 5.97 Å². The summed E-state index contributed by atoms with van der Waals surface area (Å²) in [5.74, 6) is -0.900. The summed E-state index contributed by atoms with van der Waals surface area (Å²) in [4.78, 5) is 15.8. The Bertz CT molecular complexity index is 287. The minimum Gasteiger partial charge on any atom is -0.481 e. The lowest BCUT2D eigenvalue weighted by Gasteiger charge is -2.38. The molecule has 16 heavy (non-hydrogen) atoms. The minimum atomic E-state index is -0.657. The smallest absolute Gasteiger partial charge is 0.309 e. The molecule has 0 aromatic heterocycles. The van der Waals surface area contributed by atoms with Gasteiger partial charge in [-0.1, -0.05) is 0 Å². The molecule has 0 amide bonds. The van der Waals surface area contributed by atoms with Crippen molar-refractivity contribution in [2.24, 2.45) is 5.92 Å². The Kier molecular flexibility index (Phi) is 2.97. The maximum atomic E-state index is 11.2. The summed E-state index contributed by atoms with van der Waals surface area (Å²) in [6.45, 7) is 6.78. The summed E-state index contributed by atoms with van der Waals surface area (Å²) in [7, 11) is 2.02. The maximum absolute atomic E-state index is 11.2. The van der Waals surface area contributed by atoms with Gasteiger partial charge in [0.05, 0.1) is 5.92 Å². The molecule has 1 aliphatic carbocycles. The standard InChI is InChI=1S/C12H22N2O2/c1-12(2)8-13(3)6-9(11(15)16)7-14(12)10-4-5-10/h9-10H,4-8H2,1-3H3,(H,15,16). The van der Waals surface area contributed by atoms with E-state index in [1.807, 2.05) is 7.05 Å². The molecule has 4 heteroatoms. The van der Waals surface area contributed by atoms with Crippen LogP contribution in [0.4, 0.5) is 0 Å². The van der Waals surface area contributed by atoms with Crippen LogP contribution in [0.2, 0.25) is 0 Å². The molecule has 1 aliphatic heterocycles. The Hall–Kier alpha value is -0.610. The van der Waals surface area contributed by atoms with E-state index in [9.17, 15) is 9.90 Å². The Labute approximate surface area is 97.2 Å². The summed E-state index contributed by atoms with van der Waals surface area (Å²) >= 11 is 0. The third kappa shape index (κ3) is 2.38. The first-order valence-corrected chi connectivity index (χ1v) is 6.08. The Morgan fingerprint density at radius 2 is 1.94 bits per heavy atom. The molecule has 4 nitrogen and oxygen atoms in total. The third-order valence-electron chi connectivity index (χ3n) is 3.72. The number of hydrogen-bond acceptors (Lipinski definition) is 3. The second-order valence-electron chi connectivity index (χ2n) is 5.93. The van der Waals surface area contributed by atoms with Crippen LogP contribution in [0.5, 0.6) is 0 Å². The number of nitrogens with zero attached hydrogens (tertiary/aromatic N) is 2. The molecule has 1 heterocycles. The van der Waals surface area contributed by atoms with Crippen LogP contribution in [0.3, 0.4) is 0 Å². The second kappa shape index (κ2) is 4.00. The molecular weight excluding hydrogens is 204 g/mol. The highest BCUT2D eigenvalue weighted by Gasteiger charge is 2.43. The lowest BCUT2D eigenvalue weighted by Crippen LogP contribution is -2.50. The van der Waals surface area contributed by atoms with Gasteiger partial charge < -0.3 is 10.0 Å². The third-order valence-corrected chi connectivity index (χ3v) is 3.72. The van der Waals surface area contributed by atoms with E-state index in [2.05, 4.69) is 23.6 Å². The van der Waals surface area contributed by atoms with Gasteiger partial charge in [0, 0.05) is 31.2 Å². The molecule has 1 unspecified atom stereocenters. The van der Waals surface area contributed by atoms with Crippen molar-refractivity contribution in [2.75, 3.05) is 26.7 Å². The van der Waals surface area contributed by atoms with Gasteiger partial charge in [0.25, 0.3) is 0 Å². The van der Waals surface area contributed by atoms with Crippen LogP contribution >= 0.6 is 0 Å². The van der Waals surface area contributed by atoms with Gasteiger partial charge in [0.2, 0.25) is 0 Å². The molecule has 1 atom stereocenters. The predicted molar refractivity (Wildman–Crippen MR) is 62.4 cm³/mol. The molecule has 0 aromatic rings. The zero-order valence-corrected chi connectivity index (χ0v) is 10.4. The molecule has 1 saturated heterocycles. The molecule has 1 saturated carbocycles. The number of aliphatic carboxylic acids is 1. The SMILES string of the molecule is CN1CC(C(=O)O)CN(C2CC2)C(C)(C)C1. The van der Waals surface area contributed by atoms with Crippen LogP contribution in [0.1, 0.15) is 26.7 Å². The largest absolute Gasteiger partial charge is 0.481 e. The van der Waals surface area contributed by atoms with Gasteiger partial charge >= 0.3 is 5.97 Å². The van der Waals surface area contributed by atoms with E-state index < -0.39 is 5.97 Å². The highest BCUT2D eigenvalue weighted by molar-refractivity contribution is 5.70. The van der Waals surface area contributed by atoms with Gasteiger partial charge in [-0.3, -0.25) is 9.69 Å². The van der Waals surface area contributed by atoms with Crippen molar-refractivity contribution in [3.8, 4) is 0 Å². The molecule has 92 valence electrons. The number of hydrogen-bond donors (Lipinski definition) is 1. The van der Waals surface area contributed by atoms with Crippen molar-refractivity contribution in [2.45, 2.75) is 38.3 Å². The van der Waals surface area contributed by atoms with Gasteiger partial charge in [-0.05, 0) is 33.7 Å². The average Bonchev–Trinajstić information content (AvgIpc) is 2.91. The van der Waals surface area contributed by atoms with E-state index in [-0.39, 0.29) is 11.5 Å². The predicted octanol–water partition coefficient (Wildman–Crippen LogP) is 0.876. The van der Waals surface area contributed by atoms with Crippen molar-refractivity contribution in [3.63, 3.8) is 0 Å². The number of carbonyl (C=O) groups is 1. The quantitative estimate of drug-likeness (QED) is 0.759. The molecule has 2 rings (SSSR count). The Morgan fingerprint density at radius 1 is 1.31 bits per heavy atom. The van der Waals surface area contributed by atoms with Crippen LogP contribution in [0.25, 0.3) is 0 Å². The fourth-order valence-corrected chi connectivity index (χ4v) is 2.92. The summed E-state index contributed by atoms with van der Waals surface area (Å²) in [6.07, 6.45) is 2.47. The second-order valence-corrected chi connectivity index (χ2v) is 5.93. The van der Waals surface area contributed by atoms with E-state index in [1.165, 1.54) is 12.8 Å². The first-order chi connectivity index (χ1) is 7.40. The molecule has 0 bridgehead atoms. The van der Waals surface area contributed by atoms with Crippen molar-refractivity contribution in [1.29, 1.82) is 0 Å². The monoisotopic (exact) mass is 226 g/mol. The zero-order valence-electron chi connectivity index (χ0n) is 10.4. The van der Waals surface area contributed by atoms with E-state index >= 15 is 0 Å². The summed E-state index contributed by atoms with van der Waals surface area (Å²) in [5, 5.41) is 9.22. The normalized spacial score (nSPS) is 32.3. The average molecular weight is 226 g/mol. The minimum absolute atomic E-state index is 0.0973. The van der Waals surface area contributed by atoms with Crippen molar-refractivity contribution < 1.29 is 9.90 Å². The van der Waals surface area contributed by atoms with Gasteiger partial charge in [0.15, 0.2) is 0 Å². The van der Waals surface area contributed by atoms with Crippen LogP contribution in [-0.4, -0.2) is 59.1 Å². The molecule has 0 radical (unpaired) electrons. The van der Waals surface area contributed by atoms with Gasteiger partial charge in [-0.15, -0.1) is 0 Å². The van der Waals surface area contributed by atoms with Gasteiger partial charge in [-0.2, -0.15) is 0 Å². The summed E-state index contributed by atoms with van der Waals surface area (Å²) in [5.41, 5.74) is 0.0973. The lowest BCUT2D eigenvalue weighted by molar-refractivity contribution is -0.142. The van der Waals surface area contributed by atoms with E-state index in [0.29, 0.717) is 19.1 Å². The van der Waals surface area contributed by atoms with Crippen LogP contribution < -0.4 is 0 Å². The highest BCUT2D eigenvalue weighted by Crippen LogP contribution is 2.35. The van der Waals surface area contributed by atoms with E-state index in [0.717, 1.165) is 6.54 Å². The lowest BCUT2D eigenvalue weighted by atomic mass is 10.0. The molecule has 2 fully saturated rings. The maximum Gasteiger partial charge on any atom is 0.309 e. The van der Waals surface area contributed by atoms with E-state index in [1.54, 1.807) is 0 Å². The van der Waals surface area contributed by atoms with Gasteiger partial charge in [-0.25, -0.2) is 0 Å². The van der Waals surface area contributed by atoms with Crippen LogP contribution in [-0.2, 0) is 4.79 Å². The van der Waals surface area contributed by atoms with Gasteiger partial charge in [0.1, 0.15) is 0 Å².